The summed E-state index contributed by atoms with van der Waals surface area (Å²) in [6.07, 6.45) is 4.93. The molecule has 1 amide bonds. The number of fused-ring (bicyclic) bond motifs is 1. The molecule has 0 unspecified atom stereocenters. The molecule has 2 aliphatic heterocycles. The van der Waals surface area contributed by atoms with Gasteiger partial charge in [-0.3, -0.25) is 15.2 Å². The Balaban J connectivity index is 1.98. The molecule has 0 saturated carbocycles. The van der Waals surface area contributed by atoms with E-state index in [2.05, 4.69) is 14.4 Å². The van der Waals surface area contributed by atoms with E-state index in [9.17, 15) is 4.79 Å². The number of thioether (sulfide) groups is 1. The van der Waals surface area contributed by atoms with Crippen LogP contribution in [0.4, 0.5) is 0 Å². The van der Waals surface area contributed by atoms with E-state index in [1.54, 1.807) is 29.4 Å². The summed E-state index contributed by atoms with van der Waals surface area (Å²) < 4.78 is 4.26. The molecule has 2 aliphatic rings. The Hall–Kier alpha value is -1.93. The Morgan fingerprint density at radius 3 is 3.10 bits per heavy atom. The van der Waals surface area contributed by atoms with Gasteiger partial charge in [-0.25, -0.2) is 4.90 Å². The summed E-state index contributed by atoms with van der Waals surface area (Å²) >= 11 is 2.65. The summed E-state index contributed by atoms with van der Waals surface area (Å²) in [7, 11) is 0. The highest BCUT2D eigenvalue weighted by molar-refractivity contribution is 8.19. The molecule has 8 heteroatoms. The minimum atomic E-state index is -0.416. The third-order valence-corrected chi connectivity index (χ3v) is 4.40. The predicted molar refractivity (Wildman–Crippen MR) is 87.4 cm³/mol. The quantitative estimate of drug-likeness (QED) is 0.669. The van der Waals surface area contributed by atoms with E-state index in [4.69, 9.17) is 5.41 Å². The fourth-order valence-electron chi connectivity index (χ4n) is 1.85. The minimum Gasteiger partial charge on any atom is -0.283 e. The Bertz CT molecular complexity index is 696. The maximum atomic E-state index is 12.1. The van der Waals surface area contributed by atoms with Gasteiger partial charge in [0, 0.05) is 12.4 Å². The fourth-order valence-corrected chi connectivity index (χ4v) is 3.42. The Morgan fingerprint density at radius 1 is 1.52 bits per heavy atom. The lowest BCUT2D eigenvalue weighted by atomic mass is 10.1. The highest BCUT2D eigenvalue weighted by Crippen LogP contribution is 2.31. The molecule has 0 spiro atoms. The number of pyridine rings is 1. The van der Waals surface area contributed by atoms with Crippen LogP contribution in [0.5, 0.6) is 0 Å². The second-order valence-corrected chi connectivity index (χ2v) is 6.09. The van der Waals surface area contributed by atoms with E-state index in [-0.39, 0.29) is 11.4 Å². The first-order valence-corrected chi connectivity index (χ1v) is 7.98. The van der Waals surface area contributed by atoms with Crippen molar-refractivity contribution in [2.45, 2.75) is 6.92 Å². The second-order valence-electron chi connectivity index (χ2n) is 4.13. The molecule has 1 aromatic heterocycles. The van der Waals surface area contributed by atoms with Crippen molar-refractivity contribution in [3.63, 3.8) is 0 Å². The van der Waals surface area contributed by atoms with Crippen LogP contribution in [0.1, 0.15) is 12.5 Å². The molecule has 0 bridgehead atoms. The van der Waals surface area contributed by atoms with Crippen LogP contribution in [0.15, 0.2) is 39.5 Å². The monoisotopic (exact) mass is 317 g/mol. The van der Waals surface area contributed by atoms with Gasteiger partial charge in [0.25, 0.3) is 5.91 Å². The molecule has 3 rings (SSSR count). The standard InChI is InChI=1S/C13H11N5OS2/c1-2-20-13-17-21-12-16-11(19)9(10(14)18(12)13)6-8-4-3-5-15-7-8/h3-7,14H,2H2,1H3. The molecule has 21 heavy (non-hydrogen) atoms. The van der Waals surface area contributed by atoms with Crippen LogP contribution in [0, 0.1) is 5.41 Å². The number of aromatic nitrogens is 1. The first-order chi connectivity index (χ1) is 10.2. The topological polar surface area (TPSA) is 81.8 Å². The van der Waals surface area contributed by atoms with Crippen LogP contribution < -0.4 is 0 Å². The fraction of sp³-hybridized carbons (Fsp3) is 0.154. The Kier molecular flexibility index (Phi) is 3.89. The van der Waals surface area contributed by atoms with Crippen molar-refractivity contribution in [1.82, 2.24) is 9.88 Å². The lowest BCUT2D eigenvalue weighted by molar-refractivity contribution is -0.114. The highest BCUT2D eigenvalue weighted by Gasteiger charge is 2.37. The molecule has 0 fully saturated rings. The molecule has 1 aromatic rings. The summed E-state index contributed by atoms with van der Waals surface area (Å²) in [5.74, 6) is 0.533. The summed E-state index contributed by atoms with van der Waals surface area (Å²) in [6, 6.07) is 3.61. The maximum Gasteiger partial charge on any atom is 0.283 e. The minimum absolute atomic E-state index is 0.110. The summed E-state index contributed by atoms with van der Waals surface area (Å²) in [4.78, 5) is 21.7. The SMILES string of the molecule is CCSC1=NSC2=NC(=O)C(=Cc3cccnc3)C(=N)N12. The number of amides is 1. The summed E-state index contributed by atoms with van der Waals surface area (Å²) in [5, 5.41) is 9.43. The van der Waals surface area contributed by atoms with Gasteiger partial charge in [0.1, 0.15) is 5.84 Å². The third-order valence-electron chi connectivity index (χ3n) is 2.76. The number of rotatable bonds is 2. The molecule has 1 N–H and O–H groups in total. The van der Waals surface area contributed by atoms with Crippen molar-refractivity contribution in [2.24, 2.45) is 9.39 Å². The average Bonchev–Trinajstić information content (AvgIpc) is 2.88. The van der Waals surface area contributed by atoms with Gasteiger partial charge in [0.05, 0.1) is 17.5 Å². The molecule has 6 nitrogen and oxygen atoms in total. The number of hydrogen-bond acceptors (Lipinski definition) is 6. The van der Waals surface area contributed by atoms with E-state index in [1.807, 2.05) is 13.0 Å². The van der Waals surface area contributed by atoms with Gasteiger partial charge < -0.3 is 0 Å². The van der Waals surface area contributed by atoms with E-state index in [0.29, 0.717) is 10.3 Å². The van der Waals surface area contributed by atoms with Gasteiger partial charge in [-0.05, 0) is 23.5 Å². The van der Waals surface area contributed by atoms with Gasteiger partial charge in [-0.1, -0.05) is 24.8 Å². The molecule has 3 heterocycles. The average molecular weight is 317 g/mol. The van der Waals surface area contributed by atoms with Gasteiger partial charge in [0.15, 0.2) is 5.17 Å². The number of carbonyl (C=O) groups excluding carboxylic acids is 1. The normalized spacial score (nSPS) is 19.7. The van der Waals surface area contributed by atoms with Crippen LogP contribution in [0.3, 0.4) is 0 Å². The van der Waals surface area contributed by atoms with Crippen LogP contribution in [0.25, 0.3) is 6.08 Å². The first-order valence-electron chi connectivity index (χ1n) is 6.22. The molecular formula is C13H11N5OS2. The van der Waals surface area contributed by atoms with Crippen molar-refractivity contribution in [2.75, 3.05) is 5.75 Å². The largest absolute Gasteiger partial charge is 0.283 e. The van der Waals surface area contributed by atoms with Gasteiger partial charge in [0.2, 0.25) is 5.17 Å². The van der Waals surface area contributed by atoms with E-state index in [1.165, 1.54) is 11.8 Å². The lowest BCUT2D eigenvalue weighted by Crippen LogP contribution is -2.41. The number of nitrogens with one attached hydrogen (secondary N) is 1. The number of carbonyl (C=O) groups is 1. The summed E-state index contributed by atoms with van der Waals surface area (Å²) in [6.45, 7) is 2.01. The van der Waals surface area contributed by atoms with Crippen molar-refractivity contribution in [3.8, 4) is 0 Å². The van der Waals surface area contributed by atoms with E-state index >= 15 is 0 Å². The van der Waals surface area contributed by atoms with E-state index in [0.717, 1.165) is 23.3 Å². The zero-order valence-electron chi connectivity index (χ0n) is 11.1. The molecule has 0 saturated heterocycles. The Morgan fingerprint density at radius 2 is 2.38 bits per heavy atom. The smallest absolute Gasteiger partial charge is 0.283 e. The van der Waals surface area contributed by atoms with E-state index < -0.39 is 5.91 Å². The molecule has 0 aliphatic carbocycles. The zero-order valence-corrected chi connectivity index (χ0v) is 12.7. The number of aliphatic imine (C=N–C) groups is 1. The van der Waals surface area contributed by atoms with Crippen LogP contribution in [-0.2, 0) is 4.79 Å². The van der Waals surface area contributed by atoms with Crippen LogP contribution >= 0.6 is 23.7 Å². The second kappa shape index (κ2) is 5.82. The van der Waals surface area contributed by atoms with Crippen molar-refractivity contribution >= 4 is 51.9 Å². The molecule has 106 valence electrons. The van der Waals surface area contributed by atoms with Crippen LogP contribution in [-0.4, -0.2) is 37.7 Å². The third kappa shape index (κ3) is 2.64. The van der Waals surface area contributed by atoms with Gasteiger partial charge in [-0.2, -0.15) is 9.39 Å². The number of nitrogens with zero attached hydrogens (tertiary/aromatic N) is 4. The molecule has 0 radical (unpaired) electrons. The lowest BCUT2D eigenvalue weighted by Gasteiger charge is -2.24. The van der Waals surface area contributed by atoms with Crippen molar-refractivity contribution < 1.29 is 4.79 Å². The number of hydrogen-bond donors (Lipinski definition) is 1. The highest BCUT2D eigenvalue weighted by atomic mass is 32.2. The Labute approximate surface area is 130 Å². The molecule has 0 aromatic carbocycles. The number of amidine groups is 3. The maximum absolute atomic E-state index is 12.1. The van der Waals surface area contributed by atoms with Gasteiger partial charge >= 0.3 is 0 Å². The van der Waals surface area contributed by atoms with Gasteiger partial charge in [-0.15, -0.1) is 0 Å². The van der Waals surface area contributed by atoms with Crippen molar-refractivity contribution in [1.29, 1.82) is 5.41 Å². The summed E-state index contributed by atoms with van der Waals surface area (Å²) in [5.41, 5.74) is 1.01. The molecule has 0 atom stereocenters. The molecular weight excluding hydrogens is 306 g/mol. The zero-order chi connectivity index (χ0) is 14.8. The van der Waals surface area contributed by atoms with Crippen LogP contribution in [0.2, 0.25) is 0 Å². The first kappa shape index (κ1) is 14.0. The van der Waals surface area contributed by atoms with Crippen molar-refractivity contribution in [3.05, 3.63) is 35.7 Å². The predicted octanol–water partition coefficient (Wildman–Crippen LogP) is 2.41.